The normalized spacial score (nSPS) is 11.0. The van der Waals surface area contributed by atoms with Gasteiger partial charge in [0, 0.05) is 34.6 Å². The lowest BCUT2D eigenvalue weighted by molar-refractivity contribution is 0.112. The second-order valence-electron chi connectivity index (χ2n) is 14.0. The van der Waals surface area contributed by atoms with E-state index in [1.165, 1.54) is 16.2 Å². The molecule has 8 aromatic heterocycles. The van der Waals surface area contributed by atoms with Gasteiger partial charge in [0.05, 0.1) is 50.1 Å². The highest BCUT2D eigenvalue weighted by molar-refractivity contribution is 7.17. The Hall–Kier alpha value is -6.65. The lowest BCUT2D eigenvalue weighted by Gasteiger charge is -2.06. The van der Waals surface area contributed by atoms with Gasteiger partial charge in [0.25, 0.3) is 0 Å². The van der Waals surface area contributed by atoms with Crippen LogP contribution in [0.3, 0.4) is 0 Å². The summed E-state index contributed by atoms with van der Waals surface area (Å²) >= 11 is 3.20. The Labute approximate surface area is 355 Å². The highest BCUT2D eigenvalue weighted by Gasteiger charge is 2.13. The lowest BCUT2D eigenvalue weighted by atomic mass is 10.1. The smallest absolute Gasteiger partial charge is 0.179 e. The van der Waals surface area contributed by atoms with Crippen LogP contribution in [0.2, 0.25) is 0 Å². The average Bonchev–Trinajstić information content (AvgIpc) is 4.09. The van der Waals surface area contributed by atoms with Gasteiger partial charge in [-0.25, -0.2) is 19.3 Å². The van der Waals surface area contributed by atoms with E-state index in [2.05, 4.69) is 91.3 Å². The number of nitrogens with zero attached hydrogens (tertiary/aromatic N) is 11. The van der Waals surface area contributed by atoms with E-state index in [9.17, 15) is 4.79 Å². The molecule has 302 valence electrons. The van der Waals surface area contributed by atoms with Crippen LogP contribution in [0.15, 0.2) is 122 Å². The molecule has 13 nitrogen and oxygen atoms in total. The average molecular weight is 833 g/mol. The zero-order valence-electron chi connectivity index (χ0n) is 32.9. The van der Waals surface area contributed by atoms with Crippen LogP contribution in [0.5, 0.6) is 0 Å². The van der Waals surface area contributed by atoms with Crippen molar-refractivity contribution in [1.82, 2.24) is 60.1 Å². The fraction of sp³-hybridized carbons (Fsp3) is 0.178. The predicted molar refractivity (Wildman–Crippen MR) is 243 cm³/mol. The van der Waals surface area contributed by atoms with Gasteiger partial charge in [-0.05, 0) is 124 Å². The summed E-state index contributed by atoms with van der Waals surface area (Å²) in [5.74, 6) is 0. The Balaban J connectivity index is 0.000000168. The summed E-state index contributed by atoms with van der Waals surface area (Å²) in [6, 6.07) is 36.3. The molecule has 2 aromatic carbocycles. The van der Waals surface area contributed by atoms with Crippen LogP contribution in [0, 0.1) is 0 Å². The predicted octanol–water partition coefficient (Wildman–Crippen LogP) is 8.65. The molecule has 0 unspecified atom stereocenters. The summed E-state index contributed by atoms with van der Waals surface area (Å²) in [5, 5.41) is 22.1. The molecule has 0 fully saturated rings. The third-order valence-electron chi connectivity index (χ3n) is 9.10. The molecule has 0 spiro atoms. The summed E-state index contributed by atoms with van der Waals surface area (Å²) in [7, 11) is 7.91. The third kappa shape index (κ3) is 9.45. The first-order valence-corrected chi connectivity index (χ1v) is 20.5. The molecule has 0 aliphatic rings. The standard InChI is InChI=1S/C22H20N6S.C20H13N5OS.C2H7N.CH4/c1-27(2)14-17-6-10-21(29-17)19-8-9-20-22(24-19)28(26-25-20)13-15-5-7-18-16(12-15)4-3-11-23-18;26-12-15-4-8-19(27-15)17-6-7-18-20(22-17)25(24-23-18)11-13-3-5-16-14(10-13)2-1-9-21-16;1-3-2;/h3-12H,13-14H2,1-2H3;1-10,12H,11H2;3H,1-2H3;1H4. The van der Waals surface area contributed by atoms with E-state index >= 15 is 0 Å². The second-order valence-corrected chi connectivity index (χ2v) is 16.2. The number of carbonyl (C=O) groups excluding carboxylic acids is 1. The molecule has 10 aromatic rings. The molecule has 60 heavy (non-hydrogen) atoms. The maximum absolute atomic E-state index is 10.9. The summed E-state index contributed by atoms with van der Waals surface area (Å²) < 4.78 is 3.66. The molecule has 0 amide bonds. The first kappa shape index (κ1) is 41.5. The number of nitrogens with one attached hydrogen (secondary N) is 1. The lowest BCUT2D eigenvalue weighted by Crippen LogP contribution is -2.09. The Morgan fingerprint density at radius 3 is 1.63 bits per heavy atom. The minimum atomic E-state index is 0. The molecule has 0 radical (unpaired) electrons. The van der Waals surface area contributed by atoms with Crippen molar-refractivity contribution in [1.29, 1.82) is 0 Å². The molecule has 1 N–H and O–H groups in total. The first-order valence-electron chi connectivity index (χ1n) is 18.8. The molecule has 10 rings (SSSR count). The number of aldehydes is 1. The Kier molecular flexibility index (Phi) is 13.1. The molecule has 15 heteroatoms. The second kappa shape index (κ2) is 18.9. The van der Waals surface area contributed by atoms with Gasteiger partial charge in [-0.2, -0.15) is 0 Å². The van der Waals surface area contributed by atoms with E-state index in [1.54, 1.807) is 28.3 Å². The van der Waals surface area contributed by atoms with Gasteiger partial charge in [-0.1, -0.05) is 42.1 Å². The number of thiophene rings is 2. The van der Waals surface area contributed by atoms with Crippen LogP contribution in [0.1, 0.15) is 33.1 Å². The largest absolute Gasteiger partial charge is 0.323 e. The SMILES string of the molecule is C.CN(C)Cc1ccc(-c2ccc3nnn(Cc4ccc5ncccc5c4)c3n2)s1.CNC.O=Cc1ccc(-c2ccc3nnn(Cc4ccc5ncccc5c4)c3n2)s1. The fourth-order valence-corrected chi connectivity index (χ4v) is 8.34. The van der Waals surface area contributed by atoms with Crippen LogP contribution < -0.4 is 5.32 Å². The van der Waals surface area contributed by atoms with Crippen LogP contribution >= 0.6 is 22.7 Å². The summed E-state index contributed by atoms with van der Waals surface area (Å²) in [4.78, 5) is 35.6. The van der Waals surface area contributed by atoms with E-state index in [4.69, 9.17) is 9.97 Å². The molecule has 0 saturated heterocycles. The molecule has 0 aliphatic heterocycles. The van der Waals surface area contributed by atoms with E-state index in [0.717, 1.165) is 89.2 Å². The summed E-state index contributed by atoms with van der Waals surface area (Å²) in [5.41, 5.74) is 9.05. The zero-order valence-corrected chi connectivity index (χ0v) is 34.5. The van der Waals surface area contributed by atoms with Crippen molar-refractivity contribution in [3.8, 4) is 21.1 Å². The number of hydrogen-bond donors (Lipinski definition) is 1. The first-order chi connectivity index (χ1) is 28.9. The van der Waals surface area contributed by atoms with Gasteiger partial charge in [0.2, 0.25) is 0 Å². The van der Waals surface area contributed by atoms with Gasteiger partial charge in [-0.3, -0.25) is 14.8 Å². The van der Waals surface area contributed by atoms with Gasteiger partial charge in [-0.15, -0.1) is 32.9 Å². The van der Waals surface area contributed by atoms with Gasteiger partial charge < -0.3 is 10.2 Å². The van der Waals surface area contributed by atoms with Crippen LogP contribution in [-0.2, 0) is 19.6 Å². The number of hydrogen-bond acceptors (Lipinski definition) is 13. The Morgan fingerprint density at radius 2 is 1.13 bits per heavy atom. The summed E-state index contributed by atoms with van der Waals surface area (Å²) in [6.45, 7) is 2.12. The van der Waals surface area contributed by atoms with Crippen molar-refractivity contribution in [3.05, 3.63) is 142 Å². The molecule has 8 heterocycles. The molecular weight excluding hydrogens is 789 g/mol. The Bertz CT molecular complexity index is 3020. The molecule has 0 saturated carbocycles. The number of pyridine rings is 4. The molecule has 0 bridgehead atoms. The monoisotopic (exact) mass is 832 g/mol. The molecule has 0 atom stereocenters. The fourth-order valence-electron chi connectivity index (χ4n) is 6.45. The highest BCUT2D eigenvalue weighted by Crippen LogP contribution is 2.29. The van der Waals surface area contributed by atoms with Crippen LogP contribution in [0.25, 0.3) is 65.3 Å². The number of rotatable bonds is 9. The minimum absolute atomic E-state index is 0. The number of aromatic nitrogens is 10. The van der Waals surface area contributed by atoms with E-state index in [-0.39, 0.29) is 7.43 Å². The van der Waals surface area contributed by atoms with E-state index in [1.807, 2.05) is 91.7 Å². The third-order valence-corrected chi connectivity index (χ3v) is 11.2. The van der Waals surface area contributed by atoms with Crippen molar-refractivity contribution in [2.45, 2.75) is 27.1 Å². The van der Waals surface area contributed by atoms with Crippen molar-refractivity contribution >= 4 is 73.1 Å². The zero-order chi connectivity index (χ0) is 40.7. The van der Waals surface area contributed by atoms with E-state index < -0.39 is 0 Å². The van der Waals surface area contributed by atoms with Crippen LogP contribution in [-0.4, -0.2) is 89.3 Å². The maximum Gasteiger partial charge on any atom is 0.179 e. The highest BCUT2D eigenvalue weighted by atomic mass is 32.1. The van der Waals surface area contributed by atoms with Crippen LogP contribution in [0.4, 0.5) is 0 Å². The van der Waals surface area contributed by atoms with Crippen molar-refractivity contribution in [2.75, 3.05) is 28.2 Å². The van der Waals surface area contributed by atoms with E-state index in [0.29, 0.717) is 18.0 Å². The maximum atomic E-state index is 10.9. The minimum Gasteiger partial charge on any atom is -0.323 e. The number of carbonyl (C=O) groups is 1. The summed E-state index contributed by atoms with van der Waals surface area (Å²) in [6.07, 6.45) is 4.46. The Morgan fingerprint density at radius 1 is 0.633 bits per heavy atom. The molecular formula is C45H44N12OS2. The quantitative estimate of drug-likeness (QED) is 0.140. The number of benzene rings is 2. The van der Waals surface area contributed by atoms with Crippen molar-refractivity contribution < 1.29 is 4.79 Å². The van der Waals surface area contributed by atoms with Gasteiger partial charge >= 0.3 is 0 Å². The molecule has 0 aliphatic carbocycles. The van der Waals surface area contributed by atoms with Gasteiger partial charge in [0.1, 0.15) is 11.0 Å². The van der Waals surface area contributed by atoms with Crippen molar-refractivity contribution in [2.24, 2.45) is 0 Å². The van der Waals surface area contributed by atoms with Gasteiger partial charge in [0.15, 0.2) is 17.6 Å². The topological polar surface area (TPSA) is 145 Å². The number of fused-ring (bicyclic) bond motifs is 4. The van der Waals surface area contributed by atoms with Crippen molar-refractivity contribution in [3.63, 3.8) is 0 Å².